The minimum Gasteiger partial charge on any atom is -0.390 e. The number of fused-ring (bicyclic) bond motifs is 1. The molecule has 0 saturated heterocycles. The molecule has 0 aromatic rings. The molecular formula is C15H26O2. The lowest BCUT2D eigenvalue weighted by Crippen LogP contribution is -2.44. The first-order chi connectivity index (χ1) is 7.65. The topological polar surface area (TPSA) is 37.3 Å². The average molecular weight is 238 g/mol. The van der Waals surface area contributed by atoms with Crippen LogP contribution in [0.5, 0.6) is 0 Å². The van der Waals surface area contributed by atoms with Crippen molar-refractivity contribution in [2.75, 3.05) is 0 Å². The molecule has 0 aromatic heterocycles. The maximum atomic E-state index is 12.0. The molecule has 0 heterocycles. The van der Waals surface area contributed by atoms with Crippen molar-refractivity contribution in [2.24, 2.45) is 16.7 Å². The van der Waals surface area contributed by atoms with Gasteiger partial charge in [-0.15, -0.1) is 0 Å². The summed E-state index contributed by atoms with van der Waals surface area (Å²) in [6.45, 7) is 8.71. The Bertz CT molecular complexity index is 330. The number of aliphatic hydroxyl groups is 1. The molecule has 0 unspecified atom stereocenters. The van der Waals surface area contributed by atoms with Gasteiger partial charge in [-0.05, 0) is 42.9 Å². The molecule has 0 aromatic carbocycles. The zero-order valence-corrected chi connectivity index (χ0v) is 11.7. The summed E-state index contributed by atoms with van der Waals surface area (Å²) in [4.78, 5) is 12.0. The van der Waals surface area contributed by atoms with Gasteiger partial charge in [0.05, 0.1) is 5.60 Å². The van der Waals surface area contributed by atoms with Gasteiger partial charge < -0.3 is 5.11 Å². The lowest BCUT2D eigenvalue weighted by molar-refractivity contribution is -0.124. The van der Waals surface area contributed by atoms with Gasteiger partial charge in [0.25, 0.3) is 0 Å². The molecule has 0 bridgehead atoms. The zero-order valence-electron chi connectivity index (χ0n) is 11.7. The monoisotopic (exact) mass is 238 g/mol. The average Bonchev–Trinajstić information content (AvgIpc) is 2.18. The molecule has 2 saturated carbocycles. The Morgan fingerprint density at radius 2 is 1.76 bits per heavy atom. The summed E-state index contributed by atoms with van der Waals surface area (Å²) in [6.07, 6.45) is 5.37. The number of hydrogen-bond donors (Lipinski definition) is 1. The summed E-state index contributed by atoms with van der Waals surface area (Å²) in [5.74, 6) is 0.711. The molecule has 98 valence electrons. The second-order valence-corrected chi connectivity index (χ2v) is 7.64. The second-order valence-electron chi connectivity index (χ2n) is 7.64. The van der Waals surface area contributed by atoms with E-state index in [0.717, 1.165) is 12.8 Å². The van der Waals surface area contributed by atoms with Crippen molar-refractivity contribution in [3.63, 3.8) is 0 Å². The third-order valence-corrected chi connectivity index (χ3v) is 5.18. The van der Waals surface area contributed by atoms with Crippen LogP contribution in [0.3, 0.4) is 0 Å². The van der Waals surface area contributed by atoms with Crippen LogP contribution in [0.2, 0.25) is 0 Å². The molecule has 2 nitrogen and oxygen atoms in total. The third-order valence-electron chi connectivity index (χ3n) is 5.18. The summed E-state index contributed by atoms with van der Waals surface area (Å²) < 4.78 is 0. The predicted octanol–water partition coefficient (Wildman–Crippen LogP) is 3.32. The summed E-state index contributed by atoms with van der Waals surface area (Å²) in [5, 5.41) is 10.4. The molecule has 0 spiro atoms. The Morgan fingerprint density at radius 1 is 1.12 bits per heavy atom. The molecule has 2 heteroatoms. The van der Waals surface area contributed by atoms with E-state index in [1.807, 2.05) is 6.92 Å². The van der Waals surface area contributed by atoms with Crippen molar-refractivity contribution in [3.8, 4) is 0 Å². The normalized spacial score (nSPS) is 46.2. The van der Waals surface area contributed by atoms with E-state index in [2.05, 4.69) is 20.8 Å². The third kappa shape index (κ3) is 2.42. The zero-order chi connectivity index (χ0) is 12.9. The van der Waals surface area contributed by atoms with Gasteiger partial charge in [-0.25, -0.2) is 0 Å². The maximum absolute atomic E-state index is 12.0. The number of hydrogen-bond acceptors (Lipinski definition) is 2. The van der Waals surface area contributed by atoms with E-state index in [1.165, 1.54) is 12.8 Å². The van der Waals surface area contributed by atoms with Crippen LogP contribution in [0.1, 0.15) is 66.2 Å². The fourth-order valence-corrected chi connectivity index (χ4v) is 4.42. The Labute approximate surface area is 105 Å². The first kappa shape index (κ1) is 13.1. The summed E-state index contributed by atoms with van der Waals surface area (Å²) in [6, 6.07) is 0. The Balaban J connectivity index is 2.37. The smallest absolute Gasteiger partial charge is 0.136 e. The van der Waals surface area contributed by atoms with Gasteiger partial charge in [-0.1, -0.05) is 27.2 Å². The summed E-state index contributed by atoms with van der Waals surface area (Å²) in [7, 11) is 0. The lowest BCUT2D eigenvalue weighted by Gasteiger charge is -2.51. The van der Waals surface area contributed by atoms with E-state index in [-0.39, 0.29) is 16.6 Å². The SMILES string of the molecule is CC1(C)CCC[C@@]2(C)CC(=O)C[C@@](C)(O)C[C@H]12. The molecule has 1 N–H and O–H groups in total. The lowest BCUT2D eigenvalue weighted by atomic mass is 9.54. The Kier molecular flexibility index (Phi) is 2.93. The molecule has 2 rings (SSSR count). The van der Waals surface area contributed by atoms with Gasteiger partial charge in [0.1, 0.15) is 5.78 Å². The first-order valence-electron chi connectivity index (χ1n) is 6.89. The van der Waals surface area contributed by atoms with Crippen molar-refractivity contribution in [3.05, 3.63) is 0 Å². The molecule has 2 fully saturated rings. The van der Waals surface area contributed by atoms with Crippen molar-refractivity contribution in [1.29, 1.82) is 0 Å². The van der Waals surface area contributed by atoms with Crippen molar-refractivity contribution in [2.45, 2.75) is 71.8 Å². The van der Waals surface area contributed by atoms with Crippen LogP contribution >= 0.6 is 0 Å². The molecule has 2 aliphatic carbocycles. The first-order valence-corrected chi connectivity index (χ1v) is 6.89. The molecule has 3 atom stereocenters. The van der Waals surface area contributed by atoms with Gasteiger partial charge in [0, 0.05) is 12.8 Å². The van der Waals surface area contributed by atoms with Gasteiger partial charge in [-0.2, -0.15) is 0 Å². The van der Waals surface area contributed by atoms with Crippen LogP contribution in [0, 0.1) is 16.7 Å². The van der Waals surface area contributed by atoms with Crippen LogP contribution in [0.25, 0.3) is 0 Å². The molecule has 0 radical (unpaired) electrons. The van der Waals surface area contributed by atoms with Crippen molar-refractivity contribution >= 4 is 5.78 Å². The van der Waals surface area contributed by atoms with Gasteiger partial charge >= 0.3 is 0 Å². The van der Waals surface area contributed by atoms with Crippen LogP contribution in [-0.4, -0.2) is 16.5 Å². The van der Waals surface area contributed by atoms with Crippen LogP contribution in [0.15, 0.2) is 0 Å². The standard InChI is InChI=1S/C15H26O2/c1-13(2)6-5-7-14(3)8-11(16)9-15(4,17)10-12(13)14/h12,17H,5-10H2,1-4H3/t12-,14+,15-/m1/s1. The molecule has 2 aliphatic rings. The number of Topliss-reactive ketones (excluding diaryl/α,β-unsaturated/α-hetero) is 1. The number of ketones is 1. The Morgan fingerprint density at radius 3 is 2.41 bits per heavy atom. The van der Waals surface area contributed by atoms with Crippen LogP contribution in [0.4, 0.5) is 0 Å². The van der Waals surface area contributed by atoms with Crippen molar-refractivity contribution < 1.29 is 9.90 Å². The van der Waals surface area contributed by atoms with E-state index >= 15 is 0 Å². The summed E-state index contributed by atoms with van der Waals surface area (Å²) >= 11 is 0. The van der Waals surface area contributed by atoms with Crippen molar-refractivity contribution in [1.82, 2.24) is 0 Å². The van der Waals surface area contributed by atoms with E-state index in [0.29, 0.717) is 18.8 Å². The number of carbonyl (C=O) groups excluding carboxylic acids is 1. The van der Waals surface area contributed by atoms with Crippen LogP contribution < -0.4 is 0 Å². The van der Waals surface area contributed by atoms with E-state index in [4.69, 9.17) is 0 Å². The van der Waals surface area contributed by atoms with E-state index < -0.39 is 5.60 Å². The van der Waals surface area contributed by atoms with Crippen LogP contribution in [-0.2, 0) is 4.79 Å². The molecular weight excluding hydrogens is 212 g/mol. The molecule has 0 aliphatic heterocycles. The minimum atomic E-state index is -0.797. The molecule has 0 amide bonds. The highest BCUT2D eigenvalue weighted by atomic mass is 16.3. The highest BCUT2D eigenvalue weighted by molar-refractivity contribution is 5.80. The number of rotatable bonds is 0. The predicted molar refractivity (Wildman–Crippen MR) is 68.7 cm³/mol. The largest absolute Gasteiger partial charge is 0.390 e. The fraction of sp³-hybridized carbons (Fsp3) is 0.933. The van der Waals surface area contributed by atoms with E-state index in [1.54, 1.807) is 0 Å². The van der Waals surface area contributed by atoms with Gasteiger partial charge in [0.2, 0.25) is 0 Å². The molecule has 17 heavy (non-hydrogen) atoms. The minimum absolute atomic E-state index is 0.110. The fourth-order valence-electron chi connectivity index (χ4n) is 4.42. The number of carbonyl (C=O) groups is 1. The quantitative estimate of drug-likeness (QED) is 0.703. The highest BCUT2D eigenvalue weighted by Gasteiger charge is 2.51. The van der Waals surface area contributed by atoms with Gasteiger partial charge in [-0.3, -0.25) is 4.79 Å². The Hall–Kier alpha value is -0.370. The maximum Gasteiger partial charge on any atom is 0.136 e. The second kappa shape index (κ2) is 3.81. The van der Waals surface area contributed by atoms with E-state index in [9.17, 15) is 9.90 Å². The van der Waals surface area contributed by atoms with Gasteiger partial charge in [0.15, 0.2) is 0 Å². The highest BCUT2D eigenvalue weighted by Crippen LogP contribution is 2.57. The summed E-state index contributed by atoms with van der Waals surface area (Å²) in [5.41, 5.74) is -0.435.